The quantitative estimate of drug-likeness (QED) is 0.504. The van der Waals surface area contributed by atoms with Crippen LogP contribution in [0.4, 0.5) is 11.5 Å². The minimum atomic E-state index is -1.19. The molecule has 1 aromatic rings. The minimum Gasteiger partial charge on any atom is -0.480 e. The predicted molar refractivity (Wildman–Crippen MR) is 65.0 cm³/mol. The summed E-state index contributed by atoms with van der Waals surface area (Å²) < 4.78 is 0. The number of nitrogens with zero attached hydrogens (tertiary/aromatic N) is 2. The Bertz CT molecular complexity index is 521. The van der Waals surface area contributed by atoms with E-state index in [2.05, 4.69) is 15.6 Å². The van der Waals surface area contributed by atoms with Gasteiger partial charge in [-0.3, -0.25) is 19.7 Å². The number of carboxylic acids is 1. The SMILES string of the molecule is O=C(O)CNC(=O)CNc1ncc(Cl)cc1[N+](=O)[O-]. The van der Waals surface area contributed by atoms with Gasteiger partial charge in [0.25, 0.3) is 0 Å². The van der Waals surface area contributed by atoms with E-state index >= 15 is 0 Å². The second-order valence-corrected chi connectivity index (χ2v) is 3.74. The molecular weight excluding hydrogens is 280 g/mol. The van der Waals surface area contributed by atoms with E-state index in [1.165, 1.54) is 6.20 Å². The van der Waals surface area contributed by atoms with Crippen LogP contribution in [0.5, 0.6) is 0 Å². The summed E-state index contributed by atoms with van der Waals surface area (Å²) in [6.07, 6.45) is 1.19. The molecule has 3 N–H and O–H groups in total. The van der Waals surface area contributed by atoms with Gasteiger partial charge in [-0.25, -0.2) is 4.98 Å². The molecule has 9 nitrogen and oxygen atoms in total. The van der Waals surface area contributed by atoms with E-state index in [4.69, 9.17) is 16.7 Å². The number of amides is 1. The van der Waals surface area contributed by atoms with Gasteiger partial charge in [-0.15, -0.1) is 0 Å². The van der Waals surface area contributed by atoms with Gasteiger partial charge in [0.1, 0.15) is 6.54 Å². The minimum absolute atomic E-state index is 0.0904. The summed E-state index contributed by atoms with van der Waals surface area (Å²) in [4.78, 5) is 35.1. The number of pyridine rings is 1. The van der Waals surface area contributed by atoms with Gasteiger partial charge in [0, 0.05) is 12.3 Å². The molecule has 0 aliphatic carbocycles. The Balaban J connectivity index is 2.65. The summed E-state index contributed by atoms with van der Waals surface area (Å²) in [7, 11) is 0. The maximum absolute atomic E-state index is 11.2. The lowest BCUT2D eigenvalue weighted by Gasteiger charge is -2.06. The van der Waals surface area contributed by atoms with E-state index in [0.717, 1.165) is 6.07 Å². The lowest BCUT2D eigenvalue weighted by molar-refractivity contribution is -0.384. The van der Waals surface area contributed by atoms with Crippen molar-refractivity contribution in [2.24, 2.45) is 0 Å². The lowest BCUT2D eigenvalue weighted by Crippen LogP contribution is -2.34. The first-order valence-corrected chi connectivity index (χ1v) is 5.30. The van der Waals surface area contributed by atoms with E-state index in [1.54, 1.807) is 0 Å². The van der Waals surface area contributed by atoms with Gasteiger partial charge in [-0.1, -0.05) is 11.6 Å². The molecule has 0 saturated carbocycles. The maximum Gasteiger partial charge on any atom is 0.322 e. The monoisotopic (exact) mass is 288 g/mol. The highest BCUT2D eigenvalue weighted by Crippen LogP contribution is 2.24. The third-order valence-corrected chi connectivity index (χ3v) is 2.09. The molecule has 0 aliphatic heterocycles. The summed E-state index contributed by atoms with van der Waals surface area (Å²) in [6, 6.07) is 1.09. The molecule has 0 unspecified atom stereocenters. The van der Waals surface area contributed by atoms with Crippen LogP contribution < -0.4 is 10.6 Å². The fraction of sp³-hybridized carbons (Fsp3) is 0.222. The number of anilines is 1. The molecule has 0 saturated heterocycles. The molecule has 1 aromatic heterocycles. The van der Waals surface area contributed by atoms with Crippen molar-refractivity contribution in [2.45, 2.75) is 0 Å². The number of carbonyl (C=O) groups is 2. The molecule has 1 rings (SSSR count). The Morgan fingerprint density at radius 3 is 2.74 bits per heavy atom. The highest BCUT2D eigenvalue weighted by Gasteiger charge is 2.16. The topological polar surface area (TPSA) is 134 Å². The van der Waals surface area contributed by atoms with Crippen LogP contribution in [-0.4, -0.2) is 40.0 Å². The zero-order valence-electron chi connectivity index (χ0n) is 9.42. The van der Waals surface area contributed by atoms with Crippen molar-refractivity contribution in [2.75, 3.05) is 18.4 Å². The van der Waals surface area contributed by atoms with E-state index in [-0.39, 0.29) is 23.1 Å². The Morgan fingerprint density at radius 1 is 1.47 bits per heavy atom. The van der Waals surface area contributed by atoms with Crippen molar-refractivity contribution in [1.82, 2.24) is 10.3 Å². The van der Waals surface area contributed by atoms with Crippen LogP contribution in [0.2, 0.25) is 5.02 Å². The fourth-order valence-electron chi connectivity index (χ4n) is 1.10. The third kappa shape index (κ3) is 4.76. The van der Waals surface area contributed by atoms with Crippen LogP contribution >= 0.6 is 11.6 Å². The summed E-state index contributed by atoms with van der Waals surface area (Å²) in [5.41, 5.74) is -0.376. The second kappa shape index (κ2) is 6.50. The van der Waals surface area contributed by atoms with Crippen molar-refractivity contribution < 1.29 is 19.6 Å². The number of carbonyl (C=O) groups excluding carboxylic acids is 1. The maximum atomic E-state index is 11.2. The number of nitro groups is 1. The van der Waals surface area contributed by atoms with E-state index in [1.807, 2.05) is 0 Å². The number of hydrogen-bond acceptors (Lipinski definition) is 6. The first-order chi connectivity index (χ1) is 8.90. The predicted octanol–water partition coefficient (Wildman–Crippen LogP) is 0.256. The Kier molecular flexibility index (Phi) is 5.01. The fourth-order valence-corrected chi connectivity index (χ4v) is 1.26. The molecule has 10 heteroatoms. The van der Waals surface area contributed by atoms with Crippen LogP contribution in [0, 0.1) is 10.1 Å². The molecule has 0 radical (unpaired) electrons. The number of halogens is 1. The van der Waals surface area contributed by atoms with Crippen molar-refractivity contribution in [1.29, 1.82) is 0 Å². The summed E-state index contributed by atoms with van der Waals surface area (Å²) in [6.45, 7) is -0.876. The second-order valence-electron chi connectivity index (χ2n) is 3.30. The van der Waals surface area contributed by atoms with Crippen LogP contribution in [0.25, 0.3) is 0 Å². The van der Waals surface area contributed by atoms with Crippen molar-refractivity contribution in [3.8, 4) is 0 Å². The van der Waals surface area contributed by atoms with Gasteiger partial charge in [-0.2, -0.15) is 0 Å². The van der Waals surface area contributed by atoms with E-state index < -0.39 is 23.3 Å². The molecule has 0 aromatic carbocycles. The van der Waals surface area contributed by atoms with Gasteiger partial charge in [0.2, 0.25) is 11.7 Å². The molecule has 0 aliphatic rings. The number of aromatic nitrogens is 1. The zero-order valence-corrected chi connectivity index (χ0v) is 10.2. The molecule has 19 heavy (non-hydrogen) atoms. The Labute approximate surface area is 111 Å². The molecule has 1 heterocycles. The van der Waals surface area contributed by atoms with Crippen LogP contribution in [0.3, 0.4) is 0 Å². The van der Waals surface area contributed by atoms with Gasteiger partial charge < -0.3 is 15.7 Å². The van der Waals surface area contributed by atoms with Gasteiger partial charge in [0.15, 0.2) is 0 Å². The first-order valence-electron chi connectivity index (χ1n) is 4.92. The molecule has 0 atom stereocenters. The molecule has 102 valence electrons. The number of rotatable bonds is 6. The third-order valence-electron chi connectivity index (χ3n) is 1.88. The van der Waals surface area contributed by atoms with Gasteiger partial charge in [-0.05, 0) is 0 Å². The van der Waals surface area contributed by atoms with E-state index in [9.17, 15) is 19.7 Å². The average molecular weight is 289 g/mol. The highest BCUT2D eigenvalue weighted by molar-refractivity contribution is 6.30. The molecular formula is C9H9ClN4O5. The normalized spacial score (nSPS) is 9.74. The van der Waals surface area contributed by atoms with Crippen molar-refractivity contribution in [3.05, 3.63) is 27.4 Å². The smallest absolute Gasteiger partial charge is 0.322 e. The zero-order chi connectivity index (χ0) is 14.4. The summed E-state index contributed by atoms with van der Waals surface area (Å²) >= 11 is 5.57. The van der Waals surface area contributed by atoms with Crippen molar-refractivity contribution >= 4 is 35.0 Å². The van der Waals surface area contributed by atoms with Crippen LogP contribution in [0.15, 0.2) is 12.3 Å². The highest BCUT2D eigenvalue weighted by atomic mass is 35.5. The van der Waals surface area contributed by atoms with Gasteiger partial charge in [0.05, 0.1) is 16.5 Å². The number of hydrogen-bond donors (Lipinski definition) is 3. The largest absolute Gasteiger partial charge is 0.480 e. The van der Waals surface area contributed by atoms with E-state index in [0.29, 0.717) is 0 Å². The Morgan fingerprint density at radius 2 is 2.16 bits per heavy atom. The van der Waals surface area contributed by atoms with Crippen LogP contribution in [0.1, 0.15) is 0 Å². The summed E-state index contributed by atoms with van der Waals surface area (Å²) in [5.74, 6) is -1.95. The first kappa shape index (κ1) is 14.6. The molecule has 1 amide bonds. The molecule has 0 bridgehead atoms. The molecule has 0 fully saturated rings. The van der Waals surface area contributed by atoms with Crippen LogP contribution in [-0.2, 0) is 9.59 Å². The van der Waals surface area contributed by atoms with Crippen molar-refractivity contribution in [3.63, 3.8) is 0 Å². The van der Waals surface area contributed by atoms with Gasteiger partial charge >= 0.3 is 11.7 Å². The number of carboxylic acid groups (broad SMARTS) is 1. The lowest BCUT2D eigenvalue weighted by atomic mass is 10.4. The molecule has 0 spiro atoms. The standard InChI is InChI=1S/C9H9ClN4O5/c10-5-1-6(14(18)19)9(12-2-5)13-3-7(15)11-4-8(16)17/h1-2H,3-4H2,(H,11,15)(H,12,13)(H,16,17). The Hall–Kier alpha value is -2.42. The number of aliphatic carboxylic acids is 1. The number of nitrogens with one attached hydrogen (secondary N) is 2. The average Bonchev–Trinajstić information content (AvgIpc) is 2.34. The summed E-state index contributed by atoms with van der Waals surface area (Å²) in [5, 5.41) is 23.7.